The maximum atomic E-state index is 14.6. The molecule has 7 atom stereocenters. The number of aliphatic hydroxyl groups is 1. The number of amides is 2. The molecular weight excluding hydrogens is 532 g/mol. The van der Waals surface area contributed by atoms with Crippen LogP contribution in [0, 0.1) is 24.7 Å². The van der Waals surface area contributed by atoms with Crippen LogP contribution in [0.1, 0.15) is 52.0 Å². The molecule has 3 aliphatic heterocycles. The van der Waals surface area contributed by atoms with E-state index in [1.165, 1.54) is 9.80 Å². The van der Waals surface area contributed by atoms with Crippen LogP contribution in [0.4, 0.5) is 5.69 Å². The number of likely N-dealkylation sites (tertiary alicyclic amines) is 1. The number of anilines is 1. The average molecular weight is 573 g/mol. The van der Waals surface area contributed by atoms with Gasteiger partial charge in [-0.1, -0.05) is 42.8 Å². The van der Waals surface area contributed by atoms with Gasteiger partial charge < -0.3 is 24.4 Å². The second kappa shape index (κ2) is 11.7. The Kier molecular flexibility index (Phi) is 8.83. The Morgan fingerprint density at radius 2 is 2.05 bits per heavy atom. The molecule has 0 aliphatic carbocycles. The van der Waals surface area contributed by atoms with E-state index in [1.54, 1.807) is 19.1 Å². The average Bonchev–Trinajstić information content (AvgIpc) is 3.43. The Hall–Kier alpha value is -2.68. The largest absolute Gasteiger partial charge is 0.465 e. The first-order valence-corrected chi connectivity index (χ1v) is 14.5. The lowest BCUT2D eigenvalue weighted by Gasteiger charge is -2.39. The van der Waals surface area contributed by atoms with Crippen molar-refractivity contribution < 1.29 is 29.0 Å². The Labute approximate surface area is 241 Å². The van der Waals surface area contributed by atoms with Gasteiger partial charge in [0.25, 0.3) is 5.91 Å². The molecule has 3 unspecified atom stereocenters. The molecule has 1 aromatic rings. The number of halogens is 1. The van der Waals surface area contributed by atoms with Crippen molar-refractivity contribution in [1.29, 1.82) is 0 Å². The predicted octanol–water partition coefficient (Wildman–Crippen LogP) is 4.46. The van der Waals surface area contributed by atoms with Gasteiger partial charge in [-0.3, -0.25) is 14.4 Å². The third-order valence-corrected chi connectivity index (χ3v) is 9.37. The number of nitrogens with zero attached hydrogens (tertiary/aromatic N) is 2. The summed E-state index contributed by atoms with van der Waals surface area (Å²) in [5.41, 5.74) is -0.917. The number of unbranched alkanes of at least 4 members (excludes halogenated alkanes) is 2. The van der Waals surface area contributed by atoms with Crippen LogP contribution in [-0.4, -0.2) is 70.8 Å². The minimum absolute atomic E-state index is 0.121. The van der Waals surface area contributed by atoms with Crippen LogP contribution >= 0.6 is 11.6 Å². The van der Waals surface area contributed by atoms with Crippen LogP contribution in [0.25, 0.3) is 0 Å². The fraction of sp³-hybridized carbons (Fsp3) is 0.581. The zero-order valence-corrected chi connectivity index (χ0v) is 24.7. The molecule has 9 heteroatoms. The zero-order chi connectivity index (χ0) is 29.4. The number of carbonyl (C=O) groups excluding carboxylic acids is 3. The van der Waals surface area contributed by atoms with Crippen molar-refractivity contribution in [3.8, 4) is 0 Å². The molecule has 1 N–H and O–H groups in total. The Morgan fingerprint density at radius 1 is 1.32 bits per heavy atom. The number of ether oxygens (including phenoxy) is 2. The first kappa shape index (κ1) is 30.3. The minimum Gasteiger partial charge on any atom is -0.465 e. The number of carbonyl (C=O) groups is 3. The highest BCUT2D eigenvalue weighted by molar-refractivity contribution is 6.34. The van der Waals surface area contributed by atoms with Gasteiger partial charge in [0.05, 0.1) is 41.5 Å². The number of benzene rings is 1. The second-order valence-electron chi connectivity index (χ2n) is 11.6. The number of para-hydroxylation sites is 1. The highest BCUT2D eigenvalue weighted by atomic mass is 35.5. The summed E-state index contributed by atoms with van der Waals surface area (Å²) < 4.78 is 12.4. The van der Waals surface area contributed by atoms with E-state index in [4.69, 9.17) is 21.1 Å². The first-order chi connectivity index (χ1) is 19.0. The van der Waals surface area contributed by atoms with E-state index in [0.717, 1.165) is 18.4 Å². The van der Waals surface area contributed by atoms with E-state index in [-0.39, 0.29) is 37.5 Å². The molecule has 2 bridgehead atoms. The minimum atomic E-state index is -1.26. The maximum Gasteiger partial charge on any atom is 0.312 e. The molecule has 40 heavy (non-hydrogen) atoms. The molecule has 3 saturated heterocycles. The molecular formula is C31H41ClN2O6. The fourth-order valence-corrected chi connectivity index (χ4v) is 7.39. The molecule has 2 amide bonds. The van der Waals surface area contributed by atoms with Gasteiger partial charge >= 0.3 is 5.97 Å². The van der Waals surface area contributed by atoms with E-state index in [1.807, 2.05) is 39.0 Å². The highest BCUT2D eigenvalue weighted by Crippen LogP contribution is 2.65. The highest BCUT2D eigenvalue weighted by Gasteiger charge is 2.80. The van der Waals surface area contributed by atoms with Crippen molar-refractivity contribution in [3.05, 3.63) is 54.1 Å². The van der Waals surface area contributed by atoms with Gasteiger partial charge in [0.1, 0.15) is 17.6 Å². The van der Waals surface area contributed by atoms with Crippen LogP contribution in [0.2, 0.25) is 5.02 Å². The normalized spacial score (nSPS) is 31.1. The van der Waals surface area contributed by atoms with E-state index in [0.29, 0.717) is 23.6 Å². The second-order valence-corrected chi connectivity index (χ2v) is 12.0. The SMILES string of the molecule is C=CCCCCOC(=O)[C@@H]1[C@H]2C(=O)N([C@H](C)CO)C(C(=O)N(CC=C)c3c(C)cccc3Cl)C23CC(C)[C@@]1(C)O3. The number of allylic oxidation sites excluding steroid dienone is 1. The third-order valence-electron chi connectivity index (χ3n) is 9.06. The molecule has 3 fully saturated rings. The molecule has 4 rings (SSSR count). The van der Waals surface area contributed by atoms with Gasteiger partial charge in [-0.25, -0.2) is 0 Å². The summed E-state index contributed by atoms with van der Waals surface area (Å²) in [4.78, 5) is 45.4. The molecule has 3 aliphatic rings. The number of hydrogen-bond acceptors (Lipinski definition) is 6. The lowest BCUT2D eigenvalue weighted by atomic mass is 9.62. The van der Waals surface area contributed by atoms with Gasteiger partial charge in [-0.15, -0.1) is 13.2 Å². The topological polar surface area (TPSA) is 96.4 Å². The summed E-state index contributed by atoms with van der Waals surface area (Å²) in [6, 6.07) is 3.63. The van der Waals surface area contributed by atoms with E-state index in [2.05, 4.69) is 13.2 Å². The summed E-state index contributed by atoms with van der Waals surface area (Å²) in [6.45, 7) is 15.0. The van der Waals surface area contributed by atoms with Crippen molar-refractivity contribution in [1.82, 2.24) is 4.90 Å². The fourth-order valence-electron chi connectivity index (χ4n) is 7.06. The molecule has 0 saturated carbocycles. The Balaban J connectivity index is 1.78. The number of esters is 1. The van der Waals surface area contributed by atoms with Gasteiger partial charge in [0.15, 0.2) is 0 Å². The standard InChI is InChI=1S/C31H41ClN2O6/c1-7-9-10-11-16-39-29(38)24-23-27(36)34(21(5)18-35)26(31(23)17-20(4)30(24,6)40-31)28(37)33(15-8-2)25-19(3)13-12-14-22(25)32/h7-8,12-14,20-21,23-24,26,35H,1-2,9-11,15-18H2,3-6H3/t20?,21-,23+,24+,26?,30-,31?/m1/s1. The third kappa shape index (κ3) is 4.68. The van der Waals surface area contributed by atoms with E-state index < -0.39 is 41.1 Å². The summed E-state index contributed by atoms with van der Waals surface area (Å²) in [5.74, 6) is -3.15. The number of aryl methyl sites for hydroxylation is 1. The molecule has 3 heterocycles. The number of fused-ring (bicyclic) bond motifs is 1. The molecule has 8 nitrogen and oxygen atoms in total. The van der Waals surface area contributed by atoms with Crippen molar-refractivity contribution in [2.24, 2.45) is 17.8 Å². The molecule has 218 valence electrons. The summed E-state index contributed by atoms with van der Waals surface area (Å²) in [6.07, 6.45) is 6.20. The lowest BCUT2D eigenvalue weighted by molar-refractivity contribution is -0.162. The van der Waals surface area contributed by atoms with Crippen LogP contribution < -0.4 is 4.90 Å². The number of rotatable bonds is 12. The smallest absolute Gasteiger partial charge is 0.312 e. The van der Waals surface area contributed by atoms with E-state index in [9.17, 15) is 19.5 Å². The molecule has 1 spiro atoms. The van der Waals surface area contributed by atoms with E-state index >= 15 is 0 Å². The van der Waals surface area contributed by atoms with Crippen molar-refractivity contribution in [2.75, 3.05) is 24.7 Å². The van der Waals surface area contributed by atoms with Gasteiger partial charge in [-0.2, -0.15) is 0 Å². The van der Waals surface area contributed by atoms with Gasteiger partial charge in [0.2, 0.25) is 5.91 Å². The van der Waals surface area contributed by atoms with Gasteiger partial charge in [0, 0.05) is 6.54 Å². The summed E-state index contributed by atoms with van der Waals surface area (Å²) in [7, 11) is 0. The lowest BCUT2D eigenvalue weighted by Crippen LogP contribution is -2.58. The monoisotopic (exact) mass is 572 g/mol. The van der Waals surface area contributed by atoms with Crippen LogP contribution in [0.5, 0.6) is 0 Å². The van der Waals surface area contributed by atoms with Crippen molar-refractivity contribution in [2.45, 2.75) is 76.7 Å². The number of hydrogen-bond donors (Lipinski definition) is 1. The predicted molar refractivity (Wildman–Crippen MR) is 154 cm³/mol. The summed E-state index contributed by atoms with van der Waals surface area (Å²) in [5, 5.41) is 10.6. The zero-order valence-electron chi connectivity index (χ0n) is 23.9. The molecule has 1 aromatic carbocycles. The molecule has 0 radical (unpaired) electrons. The van der Waals surface area contributed by atoms with Crippen LogP contribution in [0.3, 0.4) is 0 Å². The van der Waals surface area contributed by atoms with Crippen LogP contribution in [-0.2, 0) is 23.9 Å². The van der Waals surface area contributed by atoms with Crippen LogP contribution in [0.15, 0.2) is 43.5 Å². The first-order valence-electron chi connectivity index (χ1n) is 14.1. The maximum absolute atomic E-state index is 14.6. The van der Waals surface area contributed by atoms with Crippen molar-refractivity contribution >= 4 is 35.1 Å². The Morgan fingerprint density at radius 3 is 2.67 bits per heavy atom. The number of aliphatic hydroxyl groups excluding tert-OH is 1. The Bertz CT molecular complexity index is 1170. The van der Waals surface area contributed by atoms with Crippen molar-refractivity contribution in [3.63, 3.8) is 0 Å². The summed E-state index contributed by atoms with van der Waals surface area (Å²) >= 11 is 6.60. The quantitative estimate of drug-likeness (QED) is 0.226. The molecule has 0 aromatic heterocycles. The van der Waals surface area contributed by atoms with Gasteiger partial charge in [-0.05, 0) is 64.0 Å².